The van der Waals surface area contributed by atoms with E-state index < -0.39 is 0 Å². The van der Waals surface area contributed by atoms with Gasteiger partial charge in [0.1, 0.15) is 0 Å². The van der Waals surface area contributed by atoms with Crippen LogP contribution in [0.3, 0.4) is 0 Å². The van der Waals surface area contributed by atoms with Crippen LogP contribution in [0.15, 0.2) is 12.1 Å². The van der Waals surface area contributed by atoms with Crippen LogP contribution in [-0.2, 0) is 0 Å². The van der Waals surface area contributed by atoms with Crippen molar-refractivity contribution >= 4 is 5.91 Å². The Morgan fingerprint density at radius 1 is 1.42 bits per heavy atom. The first-order valence-electron chi connectivity index (χ1n) is 7.00. The highest BCUT2D eigenvalue weighted by atomic mass is 16.1. The van der Waals surface area contributed by atoms with Crippen molar-refractivity contribution in [1.29, 1.82) is 0 Å². The van der Waals surface area contributed by atoms with E-state index in [0.29, 0.717) is 11.6 Å². The van der Waals surface area contributed by atoms with Crippen LogP contribution < -0.4 is 5.32 Å². The maximum absolute atomic E-state index is 12.1. The molecule has 0 aliphatic carbocycles. The van der Waals surface area contributed by atoms with Crippen LogP contribution in [0.4, 0.5) is 0 Å². The highest BCUT2D eigenvalue weighted by Gasteiger charge is 2.20. The molecule has 0 unspecified atom stereocenters. The van der Waals surface area contributed by atoms with Crippen molar-refractivity contribution in [3.63, 3.8) is 0 Å². The maximum Gasteiger partial charge on any atom is 0.251 e. The zero-order valence-electron chi connectivity index (χ0n) is 12.1. The van der Waals surface area contributed by atoms with E-state index in [4.69, 9.17) is 0 Å². The first-order valence-corrected chi connectivity index (χ1v) is 7.00. The summed E-state index contributed by atoms with van der Waals surface area (Å²) in [5.41, 5.74) is 2.49. The molecule has 1 fully saturated rings. The van der Waals surface area contributed by atoms with Crippen molar-refractivity contribution in [2.45, 2.75) is 39.2 Å². The highest BCUT2D eigenvalue weighted by Crippen LogP contribution is 2.17. The number of likely N-dealkylation sites (tertiary alicyclic amines) is 1. The molecule has 0 saturated carbocycles. The Morgan fingerprint density at radius 2 is 2.11 bits per heavy atom. The number of hydrogen-bond acceptors (Lipinski definition) is 3. The second-order valence-corrected chi connectivity index (χ2v) is 5.46. The van der Waals surface area contributed by atoms with Gasteiger partial charge in [0, 0.05) is 29.5 Å². The maximum atomic E-state index is 12.1. The Morgan fingerprint density at radius 3 is 2.68 bits per heavy atom. The third-order valence-corrected chi connectivity index (χ3v) is 3.78. The summed E-state index contributed by atoms with van der Waals surface area (Å²) in [4.78, 5) is 18.7. The molecule has 2 rings (SSSR count). The minimum absolute atomic E-state index is 0.00856. The van der Waals surface area contributed by atoms with Gasteiger partial charge in [0.15, 0.2) is 0 Å². The molecule has 104 valence electrons. The van der Waals surface area contributed by atoms with Crippen LogP contribution >= 0.6 is 0 Å². The Balaban J connectivity index is 1.84. The molecule has 4 heteroatoms. The fourth-order valence-corrected chi connectivity index (χ4v) is 2.76. The molecule has 1 atom stereocenters. The van der Waals surface area contributed by atoms with Gasteiger partial charge in [-0.1, -0.05) is 0 Å². The van der Waals surface area contributed by atoms with E-state index in [9.17, 15) is 4.79 Å². The lowest BCUT2D eigenvalue weighted by atomic mass is 10.1. The third kappa shape index (κ3) is 3.77. The van der Waals surface area contributed by atoms with Crippen LogP contribution in [0.5, 0.6) is 0 Å². The number of carbonyl (C=O) groups excluding carboxylic acids is 1. The van der Waals surface area contributed by atoms with Crippen LogP contribution in [-0.4, -0.2) is 42.0 Å². The summed E-state index contributed by atoms with van der Waals surface area (Å²) < 4.78 is 0. The molecule has 4 nitrogen and oxygen atoms in total. The number of pyridine rings is 1. The third-order valence-electron chi connectivity index (χ3n) is 3.78. The minimum Gasteiger partial charge on any atom is -0.352 e. The topological polar surface area (TPSA) is 45.2 Å². The molecule has 1 aliphatic rings. The standard InChI is InChI=1S/C15H23N3O/c1-11-9-13(10-12(2)17-11)15(19)16-7-6-14-5-4-8-18(14)3/h9-10,14H,4-8H2,1-3H3,(H,16,19)/t14-/m0/s1. The number of aryl methyl sites for hydroxylation is 2. The molecule has 1 saturated heterocycles. The van der Waals surface area contributed by atoms with Gasteiger partial charge in [-0.2, -0.15) is 0 Å². The van der Waals surface area contributed by atoms with Gasteiger partial charge in [0.2, 0.25) is 0 Å². The van der Waals surface area contributed by atoms with Crippen molar-refractivity contribution in [3.05, 3.63) is 29.1 Å². The van der Waals surface area contributed by atoms with Gasteiger partial charge in [-0.25, -0.2) is 0 Å². The largest absolute Gasteiger partial charge is 0.352 e. The quantitative estimate of drug-likeness (QED) is 0.900. The van der Waals surface area contributed by atoms with E-state index in [-0.39, 0.29) is 5.91 Å². The average Bonchev–Trinajstić information content (AvgIpc) is 2.74. The Bertz CT molecular complexity index is 438. The number of aromatic nitrogens is 1. The zero-order chi connectivity index (χ0) is 13.8. The predicted molar refractivity (Wildman–Crippen MR) is 76.3 cm³/mol. The van der Waals surface area contributed by atoms with E-state index in [1.807, 2.05) is 26.0 Å². The monoisotopic (exact) mass is 261 g/mol. The second-order valence-electron chi connectivity index (χ2n) is 5.46. The van der Waals surface area contributed by atoms with Gasteiger partial charge in [-0.3, -0.25) is 9.78 Å². The van der Waals surface area contributed by atoms with Gasteiger partial charge < -0.3 is 10.2 Å². The number of hydrogen-bond donors (Lipinski definition) is 1. The molecule has 0 aromatic carbocycles. The molecular weight excluding hydrogens is 238 g/mol. The van der Waals surface area contributed by atoms with E-state index in [1.165, 1.54) is 19.4 Å². The fourth-order valence-electron chi connectivity index (χ4n) is 2.76. The molecule has 0 bridgehead atoms. The SMILES string of the molecule is Cc1cc(C(=O)NCC[C@@H]2CCCN2C)cc(C)n1. The molecule has 1 aliphatic heterocycles. The summed E-state index contributed by atoms with van der Waals surface area (Å²) in [5.74, 6) is 0.00856. The number of nitrogens with zero attached hydrogens (tertiary/aromatic N) is 2. The summed E-state index contributed by atoms with van der Waals surface area (Å²) in [6.45, 7) is 5.75. The lowest BCUT2D eigenvalue weighted by Crippen LogP contribution is -2.31. The Labute approximate surface area is 115 Å². The number of amides is 1. The van der Waals surface area contributed by atoms with Gasteiger partial charge in [-0.05, 0) is 58.8 Å². The van der Waals surface area contributed by atoms with Gasteiger partial charge in [0.05, 0.1) is 0 Å². The zero-order valence-corrected chi connectivity index (χ0v) is 12.1. The van der Waals surface area contributed by atoms with E-state index in [1.54, 1.807) is 0 Å². The van der Waals surface area contributed by atoms with Crippen LogP contribution in [0, 0.1) is 13.8 Å². The van der Waals surface area contributed by atoms with E-state index in [0.717, 1.165) is 24.4 Å². The molecule has 2 heterocycles. The summed E-state index contributed by atoms with van der Waals surface area (Å²) >= 11 is 0. The van der Waals surface area contributed by atoms with Crippen molar-refractivity contribution in [2.75, 3.05) is 20.1 Å². The van der Waals surface area contributed by atoms with Crippen molar-refractivity contribution in [2.24, 2.45) is 0 Å². The van der Waals surface area contributed by atoms with Gasteiger partial charge in [-0.15, -0.1) is 0 Å². The molecule has 1 amide bonds. The summed E-state index contributed by atoms with van der Waals surface area (Å²) in [6.07, 6.45) is 3.56. The summed E-state index contributed by atoms with van der Waals surface area (Å²) in [6, 6.07) is 4.30. The lowest BCUT2D eigenvalue weighted by molar-refractivity contribution is 0.0950. The van der Waals surface area contributed by atoms with Crippen LogP contribution in [0.1, 0.15) is 41.0 Å². The average molecular weight is 261 g/mol. The Kier molecular flexibility index (Phi) is 4.53. The van der Waals surface area contributed by atoms with E-state index in [2.05, 4.69) is 22.2 Å². The normalized spacial score (nSPS) is 19.6. The predicted octanol–water partition coefficient (Wildman–Crippen LogP) is 1.91. The summed E-state index contributed by atoms with van der Waals surface area (Å²) in [5, 5.41) is 3.01. The molecule has 0 radical (unpaired) electrons. The molecule has 1 aromatic rings. The number of carbonyl (C=O) groups is 1. The molecule has 19 heavy (non-hydrogen) atoms. The van der Waals surface area contributed by atoms with Crippen LogP contribution in [0.25, 0.3) is 0 Å². The Hall–Kier alpha value is -1.42. The van der Waals surface area contributed by atoms with Gasteiger partial charge >= 0.3 is 0 Å². The fraction of sp³-hybridized carbons (Fsp3) is 0.600. The number of nitrogens with one attached hydrogen (secondary N) is 1. The summed E-state index contributed by atoms with van der Waals surface area (Å²) in [7, 11) is 2.16. The number of rotatable bonds is 4. The van der Waals surface area contributed by atoms with Crippen molar-refractivity contribution in [3.8, 4) is 0 Å². The molecular formula is C15H23N3O. The minimum atomic E-state index is 0.00856. The highest BCUT2D eigenvalue weighted by molar-refractivity contribution is 5.94. The molecule has 1 aromatic heterocycles. The smallest absolute Gasteiger partial charge is 0.251 e. The van der Waals surface area contributed by atoms with Crippen molar-refractivity contribution in [1.82, 2.24) is 15.2 Å². The second kappa shape index (κ2) is 6.15. The van der Waals surface area contributed by atoms with E-state index >= 15 is 0 Å². The van der Waals surface area contributed by atoms with Gasteiger partial charge in [0.25, 0.3) is 5.91 Å². The first-order chi connectivity index (χ1) is 9.06. The molecule has 1 N–H and O–H groups in total. The van der Waals surface area contributed by atoms with Crippen LogP contribution in [0.2, 0.25) is 0 Å². The van der Waals surface area contributed by atoms with Crippen molar-refractivity contribution < 1.29 is 4.79 Å². The lowest BCUT2D eigenvalue weighted by Gasteiger charge is -2.19. The first kappa shape index (κ1) is 14.0. The molecule has 0 spiro atoms.